The Morgan fingerprint density at radius 2 is 0.780 bits per heavy atom. The maximum Gasteiger partial charge on any atom is 0.165 e. The van der Waals surface area contributed by atoms with Gasteiger partial charge in [-0.1, -0.05) is 152 Å². The van der Waals surface area contributed by atoms with Crippen LogP contribution in [0.2, 0.25) is 0 Å². The molecule has 50 heavy (non-hydrogen) atoms. The molecule has 0 amide bonds. The minimum absolute atomic E-state index is 0.666. The molecule has 7 aromatic carbocycles. The lowest BCUT2D eigenvalue weighted by molar-refractivity contribution is 1.08. The van der Waals surface area contributed by atoms with Crippen LogP contribution in [-0.2, 0) is 0 Å². The minimum Gasteiger partial charge on any atom is -0.208 e. The Kier molecular flexibility index (Phi) is 6.86. The number of hydrogen-bond donors (Lipinski definition) is 0. The summed E-state index contributed by atoms with van der Waals surface area (Å²) in [5.74, 6) is 2.01. The quantitative estimate of drug-likeness (QED) is 0.182. The number of rotatable bonds is 5. The summed E-state index contributed by atoms with van der Waals surface area (Å²) in [6, 6.07) is 57.8. The molecule has 3 aromatic heterocycles. The zero-order valence-corrected chi connectivity index (χ0v) is 28.4. The van der Waals surface area contributed by atoms with E-state index in [4.69, 9.17) is 15.0 Å². The second kappa shape index (κ2) is 11.8. The van der Waals surface area contributed by atoms with Crippen LogP contribution < -0.4 is 0 Å². The average Bonchev–Trinajstić information content (AvgIpc) is 3.78. The van der Waals surface area contributed by atoms with E-state index in [1.165, 1.54) is 62.6 Å². The van der Waals surface area contributed by atoms with Gasteiger partial charge in [0.05, 0.1) is 0 Å². The predicted molar refractivity (Wildman–Crippen MR) is 213 cm³/mol. The Hall–Kier alpha value is -6.01. The third-order valence-corrected chi connectivity index (χ3v) is 11.9. The topological polar surface area (TPSA) is 38.7 Å². The summed E-state index contributed by atoms with van der Waals surface area (Å²) in [6.45, 7) is 0. The molecule has 0 spiro atoms. The standard InChI is InChI=1S/C45H27N3S2/c1-4-14-28(15-5-1)31-26-27-35(42-39(31)36-20-10-11-25-38(36)49-42)34-22-12-21-32-33-23-13-24-37(41(33)50-40(32)34)45-47-43(29-16-6-2-7-17-29)46-44(48-45)30-18-8-3-9-19-30/h1-27H. The van der Waals surface area contributed by atoms with Crippen molar-refractivity contribution in [3.05, 3.63) is 164 Å². The number of benzene rings is 7. The molecule has 0 saturated carbocycles. The molecule has 3 nitrogen and oxygen atoms in total. The fourth-order valence-corrected chi connectivity index (χ4v) is 9.63. The number of thiophene rings is 2. The van der Waals surface area contributed by atoms with Crippen molar-refractivity contribution >= 4 is 63.0 Å². The molecule has 3 heterocycles. The van der Waals surface area contributed by atoms with E-state index in [1.54, 1.807) is 0 Å². The average molecular weight is 674 g/mol. The van der Waals surface area contributed by atoms with Gasteiger partial charge in [-0.15, -0.1) is 22.7 Å². The molecule has 0 aliphatic heterocycles. The number of fused-ring (bicyclic) bond motifs is 6. The predicted octanol–water partition coefficient (Wildman–Crippen LogP) is 12.9. The largest absolute Gasteiger partial charge is 0.208 e. The van der Waals surface area contributed by atoms with Crippen LogP contribution in [0.5, 0.6) is 0 Å². The number of aromatic nitrogens is 3. The first-order valence-electron chi connectivity index (χ1n) is 16.6. The summed E-state index contributed by atoms with van der Waals surface area (Å²) in [5.41, 5.74) is 7.95. The van der Waals surface area contributed by atoms with Crippen LogP contribution in [-0.4, -0.2) is 15.0 Å². The lowest BCUT2D eigenvalue weighted by Gasteiger charge is -2.10. The molecule has 0 radical (unpaired) electrons. The van der Waals surface area contributed by atoms with E-state index in [-0.39, 0.29) is 0 Å². The van der Waals surface area contributed by atoms with E-state index >= 15 is 0 Å². The number of hydrogen-bond acceptors (Lipinski definition) is 5. The summed E-state index contributed by atoms with van der Waals surface area (Å²) in [5, 5.41) is 5.07. The van der Waals surface area contributed by atoms with Gasteiger partial charge >= 0.3 is 0 Å². The zero-order chi connectivity index (χ0) is 33.0. The second-order valence-corrected chi connectivity index (χ2v) is 14.4. The zero-order valence-electron chi connectivity index (χ0n) is 26.7. The van der Waals surface area contributed by atoms with Gasteiger partial charge in [0.2, 0.25) is 0 Å². The molecule has 0 saturated heterocycles. The van der Waals surface area contributed by atoms with Crippen LogP contribution in [0, 0.1) is 0 Å². The van der Waals surface area contributed by atoms with Gasteiger partial charge in [0.25, 0.3) is 0 Å². The highest BCUT2D eigenvalue weighted by Crippen LogP contribution is 2.49. The molecular formula is C45H27N3S2. The van der Waals surface area contributed by atoms with Gasteiger partial charge in [-0.25, -0.2) is 15.0 Å². The molecule has 0 atom stereocenters. The van der Waals surface area contributed by atoms with E-state index in [9.17, 15) is 0 Å². The molecular weight excluding hydrogens is 647 g/mol. The molecule has 0 unspecified atom stereocenters. The van der Waals surface area contributed by atoms with Gasteiger partial charge in [0, 0.05) is 68.2 Å². The summed E-state index contributed by atoms with van der Waals surface area (Å²) in [6.07, 6.45) is 0. The van der Waals surface area contributed by atoms with Crippen molar-refractivity contribution in [2.45, 2.75) is 0 Å². The first-order chi connectivity index (χ1) is 24.8. The SMILES string of the molecule is c1ccc(-c2nc(-c3ccccc3)nc(-c3cccc4c3sc3c(-c5ccc(-c6ccccc6)c6c5sc5ccccc56)cccc34)n2)cc1. The first kappa shape index (κ1) is 29.0. The van der Waals surface area contributed by atoms with Crippen LogP contribution in [0.15, 0.2) is 164 Å². The van der Waals surface area contributed by atoms with Crippen LogP contribution in [0.25, 0.3) is 96.8 Å². The van der Waals surface area contributed by atoms with E-state index in [0.717, 1.165) is 16.7 Å². The molecule has 234 valence electrons. The van der Waals surface area contributed by atoms with Gasteiger partial charge < -0.3 is 0 Å². The van der Waals surface area contributed by atoms with Crippen molar-refractivity contribution in [3.8, 4) is 56.4 Å². The molecule has 0 fully saturated rings. The molecule has 10 rings (SSSR count). The van der Waals surface area contributed by atoms with Crippen molar-refractivity contribution in [2.75, 3.05) is 0 Å². The van der Waals surface area contributed by atoms with Gasteiger partial charge in [-0.2, -0.15) is 0 Å². The smallest absolute Gasteiger partial charge is 0.165 e. The van der Waals surface area contributed by atoms with Crippen molar-refractivity contribution in [1.29, 1.82) is 0 Å². The Morgan fingerprint density at radius 3 is 1.44 bits per heavy atom. The summed E-state index contributed by atoms with van der Waals surface area (Å²) < 4.78 is 5.06. The van der Waals surface area contributed by atoms with Crippen molar-refractivity contribution < 1.29 is 0 Å². The Bertz CT molecular complexity index is 2800. The van der Waals surface area contributed by atoms with Gasteiger partial charge in [-0.3, -0.25) is 0 Å². The lowest BCUT2D eigenvalue weighted by Crippen LogP contribution is -2.00. The molecule has 0 aliphatic carbocycles. The van der Waals surface area contributed by atoms with Gasteiger partial charge in [-0.05, 0) is 23.3 Å². The summed E-state index contributed by atoms with van der Waals surface area (Å²) in [4.78, 5) is 15.1. The van der Waals surface area contributed by atoms with Gasteiger partial charge in [0.1, 0.15) is 0 Å². The van der Waals surface area contributed by atoms with Crippen LogP contribution in [0.1, 0.15) is 0 Å². The fraction of sp³-hybridized carbons (Fsp3) is 0. The van der Waals surface area contributed by atoms with Gasteiger partial charge in [0.15, 0.2) is 17.5 Å². The first-order valence-corrected chi connectivity index (χ1v) is 18.2. The van der Waals surface area contributed by atoms with Crippen molar-refractivity contribution in [2.24, 2.45) is 0 Å². The normalized spacial score (nSPS) is 11.6. The molecule has 0 aliphatic rings. The van der Waals surface area contributed by atoms with Crippen LogP contribution in [0.3, 0.4) is 0 Å². The summed E-state index contributed by atoms with van der Waals surface area (Å²) in [7, 11) is 0. The lowest BCUT2D eigenvalue weighted by atomic mass is 9.94. The molecule has 0 bridgehead atoms. The highest BCUT2D eigenvalue weighted by Gasteiger charge is 2.20. The van der Waals surface area contributed by atoms with E-state index < -0.39 is 0 Å². The van der Waals surface area contributed by atoms with E-state index in [2.05, 4.69) is 127 Å². The highest BCUT2D eigenvalue weighted by atomic mass is 32.1. The molecule has 10 aromatic rings. The third-order valence-electron chi connectivity index (χ3n) is 9.37. The van der Waals surface area contributed by atoms with E-state index in [0.29, 0.717) is 17.5 Å². The van der Waals surface area contributed by atoms with Crippen molar-refractivity contribution in [3.63, 3.8) is 0 Å². The maximum atomic E-state index is 5.09. The fourth-order valence-electron chi connectivity index (χ4n) is 7.04. The van der Waals surface area contributed by atoms with Crippen LogP contribution >= 0.6 is 22.7 Å². The second-order valence-electron chi connectivity index (χ2n) is 12.3. The molecule has 5 heteroatoms. The minimum atomic E-state index is 0.666. The Balaban J connectivity index is 1.21. The molecule has 0 N–H and O–H groups in total. The van der Waals surface area contributed by atoms with Crippen molar-refractivity contribution in [1.82, 2.24) is 15.0 Å². The third kappa shape index (κ3) is 4.74. The maximum absolute atomic E-state index is 5.09. The monoisotopic (exact) mass is 673 g/mol. The Labute approximate surface area is 296 Å². The Morgan fingerprint density at radius 1 is 0.300 bits per heavy atom. The van der Waals surface area contributed by atoms with Crippen LogP contribution in [0.4, 0.5) is 0 Å². The highest BCUT2D eigenvalue weighted by molar-refractivity contribution is 7.27. The number of nitrogens with zero attached hydrogens (tertiary/aromatic N) is 3. The van der Waals surface area contributed by atoms with E-state index in [1.807, 2.05) is 59.1 Å². The summed E-state index contributed by atoms with van der Waals surface area (Å²) >= 11 is 3.71.